The molecule has 0 N–H and O–H groups in total. The smallest absolute Gasteiger partial charge is 0.160 e. The Bertz CT molecular complexity index is 1100. The van der Waals surface area contributed by atoms with Crippen LogP contribution in [0, 0.1) is 0 Å². The highest BCUT2D eigenvalue weighted by Crippen LogP contribution is 2.37. The molecule has 1 nitrogen and oxygen atoms in total. The Kier molecular flexibility index (Phi) is 8.38. The van der Waals surface area contributed by atoms with Gasteiger partial charge in [0.05, 0.1) is 4.88 Å². The van der Waals surface area contributed by atoms with Crippen LogP contribution >= 0.6 is 49.9 Å². The zero-order chi connectivity index (χ0) is 21.6. The first-order valence-corrected chi connectivity index (χ1v) is 14.6. The molecule has 0 unspecified atom stereocenters. The molecule has 4 rings (SSSR count). The van der Waals surface area contributed by atoms with Gasteiger partial charge in [-0.25, -0.2) is 0 Å². The quantitative estimate of drug-likeness (QED) is 0.131. The SMILES string of the molecule is CCCCCCCCCCc1cc(Br)c(Cc2cc3cc4sc(C=O)cc4cc3s2)s1. The van der Waals surface area contributed by atoms with Crippen molar-refractivity contribution in [1.29, 1.82) is 0 Å². The number of thiophene rings is 3. The van der Waals surface area contributed by atoms with Crippen LogP contribution in [0.5, 0.6) is 0 Å². The highest BCUT2D eigenvalue weighted by atomic mass is 79.9. The topological polar surface area (TPSA) is 17.1 Å². The summed E-state index contributed by atoms with van der Waals surface area (Å²) in [6.07, 6.45) is 14.2. The number of fused-ring (bicyclic) bond motifs is 2. The summed E-state index contributed by atoms with van der Waals surface area (Å²) in [5.41, 5.74) is 0. The van der Waals surface area contributed by atoms with Crippen molar-refractivity contribution in [3.05, 3.63) is 54.3 Å². The van der Waals surface area contributed by atoms with E-state index in [1.165, 1.54) is 97.1 Å². The van der Waals surface area contributed by atoms with Gasteiger partial charge in [0, 0.05) is 34.9 Å². The summed E-state index contributed by atoms with van der Waals surface area (Å²) in [6, 6.07) is 11.1. The van der Waals surface area contributed by atoms with Gasteiger partial charge in [-0.15, -0.1) is 34.0 Å². The van der Waals surface area contributed by atoms with Crippen LogP contribution in [0.15, 0.2) is 34.8 Å². The van der Waals surface area contributed by atoms with Gasteiger partial charge in [0.1, 0.15) is 0 Å². The average molecular weight is 534 g/mol. The van der Waals surface area contributed by atoms with Gasteiger partial charge < -0.3 is 0 Å². The molecular weight excluding hydrogens is 504 g/mol. The van der Waals surface area contributed by atoms with E-state index in [1.54, 1.807) is 11.3 Å². The Morgan fingerprint density at radius 3 is 2.19 bits per heavy atom. The minimum atomic E-state index is 0.805. The molecule has 4 aromatic rings. The molecule has 0 bridgehead atoms. The third kappa shape index (κ3) is 6.07. The lowest BCUT2D eigenvalue weighted by Crippen LogP contribution is -1.83. The largest absolute Gasteiger partial charge is 0.297 e. The fourth-order valence-corrected chi connectivity index (χ4v) is 8.13. The Hall–Kier alpha value is -1.01. The monoisotopic (exact) mass is 532 g/mol. The second-order valence-electron chi connectivity index (χ2n) is 8.29. The summed E-state index contributed by atoms with van der Waals surface area (Å²) in [5.74, 6) is 0. The van der Waals surface area contributed by atoms with E-state index in [2.05, 4.69) is 47.1 Å². The maximum atomic E-state index is 11.1. The van der Waals surface area contributed by atoms with Gasteiger partial charge in [-0.3, -0.25) is 4.79 Å². The average Bonchev–Trinajstić information content (AvgIpc) is 3.44. The highest BCUT2D eigenvalue weighted by Gasteiger charge is 2.11. The molecule has 0 saturated heterocycles. The fourth-order valence-electron chi connectivity index (χ4n) is 4.09. The second kappa shape index (κ2) is 11.2. The highest BCUT2D eigenvalue weighted by molar-refractivity contribution is 9.10. The van der Waals surface area contributed by atoms with E-state index >= 15 is 0 Å². The van der Waals surface area contributed by atoms with Gasteiger partial charge in [0.2, 0.25) is 0 Å². The first-order valence-electron chi connectivity index (χ1n) is 11.3. The van der Waals surface area contributed by atoms with E-state index in [0.717, 1.165) is 17.6 Å². The van der Waals surface area contributed by atoms with E-state index in [9.17, 15) is 4.79 Å². The number of carbonyl (C=O) groups is 1. The third-order valence-electron chi connectivity index (χ3n) is 5.76. The molecule has 1 aromatic carbocycles. The molecule has 3 aromatic heterocycles. The normalized spacial score (nSPS) is 11.7. The van der Waals surface area contributed by atoms with Crippen LogP contribution in [-0.4, -0.2) is 6.29 Å². The van der Waals surface area contributed by atoms with Crippen LogP contribution in [0.4, 0.5) is 0 Å². The molecular formula is C26H29BrOS3. The van der Waals surface area contributed by atoms with Crippen molar-refractivity contribution in [2.45, 2.75) is 71.1 Å². The Morgan fingerprint density at radius 2 is 1.45 bits per heavy atom. The summed E-state index contributed by atoms with van der Waals surface area (Å²) in [7, 11) is 0. The number of unbranched alkanes of at least 4 members (excludes halogenated alkanes) is 7. The molecule has 0 amide bonds. The second-order valence-corrected chi connectivity index (χ2v) is 12.7. The number of hydrogen-bond acceptors (Lipinski definition) is 4. The van der Waals surface area contributed by atoms with Crippen molar-refractivity contribution >= 4 is 76.4 Å². The minimum absolute atomic E-state index is 0.805. The van der Waals surface area contributed by atoms with Gasteiger partial charge in [-0.1, -0.05) is 51.9 Å². The minimum Gasteiger partial charge on any atom is -0.297 e. The van der Waals surface area contributed by atoms with Crippen molar-refractivity contribution in [3.63, 3.8) is 0 Å². The molecule has 0 radical (unpaired) electrons. The lowest BCUT2D eigenvalue weighted by Gasteiger charge is -2.00. The van der Waals surface area contributed by atoms with Crippen LogP contribution in [0.25, 0.3) is 20.2 Å². The molecule has 3 heterocycles. The fraction of sp³-hybridized carbons (Fsp3) is 0.423. The van der Waals surface area contributed by atoms with Gasteiger partial charge in [0.25, 0.3) is 0 Å². The first-order chi connectivity index (χ1) is 15.2. The zero-order valence-electron chi connectivity index (χ0n) is 18.0. The number of rotatable bonds is 12. The molecule has 0 fully saturated rings. The molecule has 0 aliphatic carbocycles. The third-order valence-corrected chi connectivity index (χ3v) is 10.0. The van der Waals surface area contributed by atoms with Gasteiger partial charge in [0.15, 0.2) is 6.29 Å². The van der Waals surface area contributed by atoms with E-state index in [4.69, 9.17) is 0 Å². The van der Waals surface area contributed by atoms with Crippen LogP contribution in [0.2, 0.25) is 0 Å². The first kappa shape index (κ1) is 23.2. The predicted molar refractivity (Wildman–Crippen MR) is 144 cm³/mol. The van der Waals surface area contributed by atoms with Crippen molar-refractivity contribution in [2.24, 2.45) is 0 Å². The molecule has 0 saturated carbocycles. The number of aldehydes is 1. The molecule has 5 heteroatoms. The molecule has 164 valence electrons. The number of halogens is 1. The molecule has 0 aliphatic heterocycles. The Morgan fingerprint density at radius 1 is 0.774 bits per heavy atom. The molecule has 31 heavy (non-hydrogen) atoms. The maximum Gasteiger partial charge on any atom is 0.160 e. The van der Waals surface area contributed by atoms with Gasteiger partial charge in [-0.05, 0) is 69.9 Å². The van der Waals surface area contributed by atoms with Crippen LogP contribution < -0.4 is 0 Å². The number of hydrogen-bond donors (Lipinski definition) is 0. The van der Waals surface area contributed by atoms with Crippen molar-refractivity contribution < 1.29 is 4.79 Å². The lowest BCUT2D eigenvalue weighted by atomic mass is 10.1. The summed E-state index contributed by atoms with van der Waals surface area (Å²) >= 11 is 9.23. The van der Waals surface area contributed by atoms with E-state index in [0.29, 0.717) is 0 Å². The van der Waals surface area contributed by atoms with Crippen molar-refractivity contribution in [1.82, 2.24) is 0 Å². The van der Waals surface area contributed by atoms with Crippen LogP contribution in [0.3, 0.4) is 0 Å². The Balaban J connectivity index is 1.33. The predicted octanol–water partition coefficient (Wildman–Crippen LogP) is 10.0. The summed E-state index contributed by atoms with van der Waals surface area (Å²) in [5, 5.41) is 2.47. The molecule has 0 aliphatic rings. The van der Waals surface area contributed by atoms with Crippen LogP contribution in [0.1, 0.15) is 82.6 Å². The van der Waals surface area contributed by atoms with E-state index in [1.807, 2.05) is 28.7 Å². The lowest BCUT2D eigenvalue weighted by molar-refractivity contribution is 0.112. The van der Waals surface area contributed by atoms with Gasteiger partial charge in [-0.2, -0.15) is 0 Å². The standard InChI is InChI=1S/C26H29BrOS3/c1-2-3-4-5-6-7-8-9-10-20-15-23(27)26(29-20)16-21-11-18-13-25-19(14-24(18)30-21)12-22(17-28)31-25/h11-15,17H,2-10,16H2,1H3. The Labute approximate surface area is 205 Å². The van der Waals surface area contributed by atoms with E-state index < -0.39 is 0 Å². The summed E-state index contributed by atoms with van der Waals surface area (Å²) < 4.78 is 3.77. The van der Waals surface area contributed by atoms with E-state index in [-0.39, 0.29) is 0 Å². The number of aryl methyl sites for hydroxylation is 1. The molecule has 0 spiro atoms. The zero-order valence-corrected chi connectivity index (χ0v) is 22.1. The number of benzene rings is 1. The molecule has 0 atom stereocenters. The van der Waals surface area contributed by atoms with Crippen molar-refractivity contribution in [3.8, 4) is 0 Å². The van der Waals surface area contributed by atoms with Crippen molar-refractivity contribution in [2.75, 3.05) is 0 Å². The summed E-state index contributed by atoms with van der Waals surface area (Å²) in [4.78, 5) is 16.2. The van der Waals surface area contributed by atoms with Crippen LogP contribution in [-0.2, 0) is 12.8 Å². The van der Waals surface area contributed by atoms with Gasteiger partial charge >= 0.3 is 0 Å². The summed E-state index contributed by atoms with van der Waals surface area (Å²) in [6.45, 7) is 2.28. The number of carbonyl (C=O) groups excluding carboxylic acids is 1. The maximum absolute atomic E-state index is 11.1.